The van der Waals surface area contributed by atoms with Crippen molar-refractivity contribution in [2.45, 2.75) is 31.7 Å². The van der Waals surface area contributed by atoms with Gasteiger partial charge in [-0.3, -0.25) is 9.69 Å². The summed E-state index contributed by atoms with van der Waals surface area (Å²) in [5.74, 6) is -0.396. The van der Waals surface area contributed by atoms with Crippen molar-refractivity contribution in [2.24, 2.45) is 0 Å². The standard InChI is InChI=1S/C18H22F3N5O2/c19-18(20,21)14-4-1-3-13(9-14)10-26-12-16(23-24-26)17(28)22-6-8-25-7-2-5-15(27)11-25/h1,3-4,9,12,15,27H,2,5-8,10-11H2,(H,22,28)/t15-/m1/s1. The van der Waals surface area contributed by atoms with Gasteiger partial charge in [0.05, 0.1) is 24.4 Å². The largest absolute Gasteiger partial charge is 0.416 e. The van der Waals surface area contributed by atoms with E-state index in [1.54, 1.807) is 6.07 Å². The molecule has 2 heterocycles. The van der Waals surface area contributed by atoms with Gasteiger partial charge in [0.1, 0.15) is 0 Å². The van der Waals surface area contributed by atoms with Crippen molar-refractivity contribution < 1.29 is 23.1 Å². The zero-order chi connectivity index (χ0) is 20.1. The minimum absolute atomic E-state index is 0.0792. The Balaban J connectivity index is 1.51. The second-order valence-corrected chi connectivity index (χ2v) is 6.85. The van der Waals surface area contributed by atoms with Gasteiger partial charge in [0.15, 0.2) is 5.69 Å². The number of carbonyl (C=O) groups is 1. The number of hydrogen-bond donors (Lipinski definition) is 2. The van der Waals surface area contributed by atoms with Crippen molar-refractivity contribution in [2.75, 3.05) is 26.2 Å². The first-order valence-electron chi connectivity index (χ1n) is 9.06. The second kappa shape index (κ2) is 8.70. The van der Waals surface area contributed by atoms with Crippen molar-refractivity contribution in [3.05, 3.63) is 47.3 Å². The lowest BCUT2D eigenvalue weighted by Gasteiger charge is -2.29. The molecule has 28 heavy (non-hydrogen) atoms. The van der Waals surface area contributed by atoms with Gasteiger partial charge in [-0.25, -0.2) is 4.68 Å². The number of amides is 1. The summed E-state index contributed by atoms with van der Waals surface area (Å²) in [4.78, 5) is 14.2. The van der Waals surface area contributed by atoms with Crippen molar-refractivity contribution in [1.29, 1.82) is 0 Å². The monoisotopic (exact) mass is 397 g/mol. The molecule has 7 nitrogen and oxygen atoms in total. The molecule has 0 spiro atoms. The highest BCUT2D eigenvalue weighted by Crippen LogP contribution is 2.29. The maximum absolute atomic E-state index is 12.8. The average Bonchev–Trinajstić information content (AvgIpc) is 3.10. The van der Waals surface area contributed by atoms with Crippen LogP contribution in [0.3, 0.4) is 0 Å². The van der Waals surface area contributed by atoms with Gasteiger partial charge in [-0.2, -0.15) is 13.2 Å². The fourth-order valence-corrected chi connectivity index (χ4v) is 3.17. The van der Waals surface area contributed by atoms with Crippen LogP contribution in [-0.4, -0.2) is 63.2 Å². The van der Waals surface area contributed by atoms with Crippen LogP contribution in [-0.2, 0) is 12.7 Å². The maximum Gasteiger partial charge on any atom is 0.416 e. The van der Waals surface area contributed by atoms with Crippen LogP contribution in [0, 0.1) is 0 Å². The number of piperidine rings is 1. The Morgan fingerprint density at radius 3 is 2.93 bits per heavy atom. The third-order valence-electron chi connectivity index (χ3n) is 4.56. The molecule has 0 unspecified atom stereocenters. The molecular formula is C18H22F3N5O2. The quantitative estimate of drug-likeness (QED) is 0.773. The van der Waals surface area contributed by atoms with Crippen molar-refractivity contribution >= 4 is 5.91 Å². The van der Waals surface area contributed by atoms with E-state index in [-0.39, 0.29) is 18.3 Å². The fraction of sp³-hybridized carbons (Fsp3) is 0.500. The minimum atomic E-state index is -4.41. The molecule has 152 valence electrons. The summed E-state index contributed by atoms with van der Waals surface area (Å²) < 4.78 is 39.7. The minimum Gasteiger partial charge on any atom is -0.392 e. The number of aromatic nitrogens is 3. The highest BCUT2D eigenvalue weighted by molar-refractivity contribution is 5.91. The highest BCUT2D eigenvalue weighted by Gasteiger charge is 2.30. The molecular weight excluding hydrogens is 375 g/mol. The van der Waals surface area contributed by atoms with E-state index < -0.39 is 17.6 Å². The Labute approximate surface area is 160 Å². The van der Waals surface area contributed by atoms with Gasteiger partial charge in [0, 0.05) is 19.6 Å². The number of nitrogens with one attached hydrogen (secondary N) is 1. The van der Waals surface area contributed by atoms with E-state index in [9.17, 15) is 23.1 Å². The number of halogens is 3. The normalized spacial score (nSPS) is 18.2. The molecule has 2 N–H and O–H groups in total. The van der Waals surface area contributed by atoms with Crippen LogP contribution in [0.4, 0.5) is 13.2 Å². The lowest BCUT2D eigenvalue weighted by molar-refractivity contribution is -0.137. The van der Waals surface area contributed by atoms with Crippen LogP contribution >= 0.6 is 0 Å². The summed E-state index contributed by atoms with van der Waals surface area (Å²) in [6, 6.07) is 4.95. The van der Waals surface area contributed by atoms with E-state index in [0.717, 1.165) is 31.5 Å². The van der Waals surface area contributed by atoms with Gasteiger partial charge >= 0.3 is 6.18 Å². The van der Waals surface area contributed by atoms with E-state index in [2.05, 4.69) is 20.5 Å². The maximum atomic E-state index is 12.8. The number of carbonyl (C=O) groups excluding carboxylic acids is 1. The summed E-state index contributed by atoms with van der Waals surface area (Å²) in [5, 5.41) is 20.0. The molecule has 10 heteroatoms. The lowest BCUT2D eigenvalue weighted by Crippen LogP contribution is -2.42. The Morgan fingerprint density at radius 1 is 1.36 bits per heavy atom. The van der Waals surface area contributed by atoms with Gasteiger partial charge < -0.3 is 10.4 Å². The molecule has 0 aliphatic carbocycles. The summed E-state index contributed by atoms with van der Waals surface area (Å²) in [7, 11) is 0. The predicted molar refractivity (Wildman–Crippen MR) is 94.6 cm³/mol. The van der Waals surface area contributed by atoms with E-state index in [1.165, 1.54) is 16.9 Å². The first-order valence-corrected chi connectivity index (χ1v) is 9.06. The van der Waals surface area contributed by atoms with Gasteiger partial charge in [-0.15, -0.1) is 5.10 Å². The van der Waals surface area contributed by atoms with Crippen LogP contribution in [0.1, 0.15) is 34.5 Å². The zero-order valence-corrected chi connectivity index (χ0v) is 15.2. The van der Waals surface area contributed by atoms with Crippen LogP contribution < -0.4 is 5.32 Å². The van der Waals surface area contributed by atoms with Crippen molar-refractivity contribution in [1.82, 2.24) is 25.2 Å². The van der Waals surface area contributed by atoms with E-state index in [0.29, 0.717) is 25.2 Å². The van der Waals surface area contributed by atoms with E-state index >= 15 is 0 Å². The molecule has 1 aliphatic heterocycles. The molecule has 2 aromatic rings. The number of aliphatic hydroxyl groups excluding tert-OH is 1. The summed E-state index contributed by atoms with van der Waals surface area (Å²) in [5.41, 5.74) is -0.216. The Bertz CT molecular complexity index is 809. The molecule has 1 atom stereocenters. The Hall–Kier alpha value is -2.46. The van der Waals surface area contributed by atoms with Gasteiger partial charge in [0.2, 0.25) is 0 Å². The third kappa shape index (κ3) is 5.52. The molecule has 3 rings (SSSR count). The number of benzene rings is 1. The lowest BCUT2D eigenvalue weighted by atomic mass is 10.1. The summed E-state index contributed by atoms with van der Waals surface area (Å²) >= 11 is 0. The van der Waals surface area contributed by atoms with Crippen molar-refractivity contribution in [3.8, 4) is 0 Å². The number of hydrogen-bond acceptors (Lipinski definition) is 5. The summed E-state index contributed by atoms with van der Waals surface area (Å²) in [6.07, 6.45) is -1.59. The average molecular weight is 397 g/mol. The van der Waals surface area contributed by atoms with Gasteiger partial charge in [-0.1, -0.05) is 17.3 Å². The molecule has 0 radical (unpaired) electrons. The molecule has 1 aliphatic rings. The number of rotatable bonds is 6. The van der Waals surface area contributed by atoms with E-state index in [4.69, 9.17) is 0 Å². The number of alkyl halides is 3. The van der Waals surface area contributed by atoms with E-state index in [1.807, 2.05) is 0 Å². The van der Waals surface area contributed by atoms with Crippen LogP contribution in [0.2, 0.25) is 0 Å². The molecule has 1 aromatic heterocycles. The van der Waals surface area contributed by atoms with Crippen molar-refractivity contribution in [3.63, 3.8) is 0 Å². The van der Waals surface area contributed by atoms with Gasteiger partial charge in [0.25, 0.3) is 5.91 Å². The smallest absolute Gasteiger partial charge is 0.392 e. The molecule has 1 saturated heterocycles. The number of aliphatic hydroxyl groups is 1. The first kappa shape index (κ1) is 20.3. The zero-order valence-electron chi connectivity index (χ0n) is 15.2. The Kier molecular flexibility index (Phi) is 6.30. The molecule has 0 saturated carbocycles. The van der Waals surface area contributed by atoms with Crippen LogP contribution in [0.5, 0.6) is 0 Å². The molecule has 1 aromatic carbocycles. The number of nitrogens with zero attached hydrogens (tertiary/aromatic N) is 4. The highest BCUT2D eigenvalue weighted by atomic mass is 19.4. The van der Waals surface area contributed by atoms with Gasteiger partial charge in [-0.05, 0) is 37.1 Å². The Morgan fingerprint density at radius 2 is 2.18 bits per heavy atom. The topological polar surface area (TPSA) is 83.3 Å². The predicted octanol–water partition coefficient (Wildman–Crippen LogP) is 1.53. The molecule has 0 bridgehead atoms. The number of β-amino-alcohol motifs (C(OH)–C–C–N with tert-alkyl or cyclic N) is 1. The second-order valence-electron chi connectivity index (χ2n) is 6.85. The third-order valence-corrected chi connectivity index (χ3v) is 4.56. The fourth-order valence-electron chi connectivity index (χ4n) is 3.17. The van der Waals surface area contributed by atoms with Crippen LogP contribution in [0.15, 0.2) is 30.5 Å². The summed E-state index contributed by atoms with van der Waals surface area (Å²) in [6.45, 7) is 2.60. The molecule has 1 fully saturated rings. The SMILES string of the molecule is O=C(NCCN1CCC[C@@H](O)C1)c1cn(Cc2cccc(C(F)(F)F)c2)nn1. The molecule has 1 amide bonds. The number of likely N-dealkylation sites (tertiary alicyclic amines) is 1. The first-order chi connectivity index (χ1) is 13.3. The van der Waals surface area contributed by atoms with Crippen LogP contribution in [0.25, 0.3) is 0 Å².